The van der Waals surface area contributed by atoms with E-state index in [2.05, 4.69) is 20.5 Å². The molecule has 2 N–H and O–H groups in total. The van der Waals surface area contributed by atoms with E-state index in [1.165, 1.54) is 0 Å². The number of nitrogens with one attached hydrogen (secondary N) is 2. The quantitative estimate of drug-likeness (QED) is 0.912. The fraction of sp³-hybridized carbons (Fsp3) is 0.357. The molecule has 106 valence electrons. The van der Waals surface area contributed by atoms with Crippen molar-refractivity contribution in [1.82, 2.24) is 15.2 Å². The number of aromatic amines is 1. The van der Waals surface area contributed by atoms with Crippen LogP contribution in [0.3, 0.4) is 0 Å². The minimum Gasteiger partial charge on any atom is -0.350 e. The van der Waals surface area contributed by atoms with Crippen LogP contribution in [0.4, 0.5) is 5.95 Å². The number of rotatable bonds is 3. The molecule has 0 radical (unpaired) electrons. The van der Waals surface area contributed by atoms with Crippen molar-refractivity contribution in [2.24, 2.45) is 0 Å². The maximum Gasteiger partial charge on any atom is 0.274 e. The Balaban J connectivity index is 2.09. The van der Waals surface area contributed by atoms with Crippen LogP contribution in [0, 0.1) is 0 Å². The number of aromatic nitrogens is 3. The Kier molecular flexibility index (Phi) is 4.09. The third-order valence-electron chi connectivity index (χ3n) is 2.78. The SMILES string of the molecule is CC(C)(C)c1nnc(NCc2ccc(Cl)cc2)[nH]c1=O. The molecule has 6 heteroatoms. The molecule has 0 spiro atoms. The Morgan fingerprint density at radius 3 is 2.40 bits per heavy atom. The molecule has 0 aliphatic carbocycles. The normalized spacial score (nSPS) is 11.4. The smallest absolute Gasteiger partial charge is 0.274 e. The van der Waals surface area contributed by atoms with Crippen molar-refractivity contribution in [2.45, 2.75) is 32.7 Å². The molecule has 2 rings (SSSR count). The van der Waals surface area contributed by atoms with Crippen molar-refractivity contribution in [1.29, 1.82) is 0 Å². The minimum atomic E-state index is -0.324. The third-order valence-corrected chi connectivity index (χ3v) is 3.03. The lowest BCUT2D eigenvalue weighted by atomic mass is 9.93. The highest BCUT2D eigenvalue weighted by Gasteiger charge is 2.20. The molecule has 0 fully saturated rings. The molecule has 2 aromatic rings. The van der Waals surface area contributed by atoms with Crippen LogP contribution in [0.15, 0.2) is 29.1 Å². The first-order valence-corrected chi connectivity index (χ1v) is 6.70. The molecule has 1 heterocycles. The van der Waals surface area contributed by atoms with Gasteiger partial charge >= 0.3 is 0 Å². The number of hydrogen-bond donors (Lipinski definition) is 2. The fourth-order valence-electron chi connectivity index (χ4n) is 1.70. The van der Waals surface area contributed by atoms with E-state index in [9.17, 15) is 4.79 Å². The molecule has 0 amide bonds. The van der Waals surface area contributed by atoms with Crippen LogP contribution in [-0.4, -0.2) is 15.2 Å². The third kappa shape index (κ3) is 3.57. The Labute approximate surface area is 122 Å². The number of anilines is 1. The number of hydrogen-bond acceptors (Lipinski definition) is 4. The van der Waals surface area contributed by atoms with E-state index in [1.807, 2.05) is 45.0 Å². The highest BCUT2D eigenvalue weighted by molar-refractivity contribution is 6.30. The monoisotopic (exact) mass is 292 g/mol. The highest BCUT2D eigenvalue weighted by Crippen LogP contribution is 2.15. The minimum absolute atomic E-state index is 0.217. The highest BCUT2D eigenvalue weighted by atomic mass is 35.5. The van der Waals surface area contributed by atoms with Crippen molar-refractivity contribution in [3.8, 4) is 0 Å². The lowest BCUT2D eigenvalue weighted by Crippen LogP contribution is -2.28. The van der Waals surface area contributed by atoms with Crippen LogP contribution >= 0.6 is 11.6 Å². The molecular formula is C14H17ClN4O. The first kappa shape index (κ1) is 14.5. The van der Waals surface area contributed by atoms with Gasteiger partial charge in [0.05, 0.1) is 0 Å². The average Bonchev–Trinajstić information content (AvgIpc) is 2.36. The van der Waals surface area contributed by atoms with E-state index in [4.69, 9.17) is 11.6 Å². The zero-order valence-electron chi connectivity index (χ0n) is 11.7. The molecule has 5 nitrogen and oxygen atoms in total. The van der Waals surface area contributed by atoms with E-state index in [1.54, 1.807) is 0 Å². The Bertz CT molecular complexity index is 643. The standard InChI is InChI=1S/C14H17ClN4O/c1-14(2,3)11-12(20)17-13(19-18-11)16-8-9-4-6-10(15)7-5-9/h4-7H,8H2,1-3H3,(H2,16,17,19,20). The van der Waals surface area contributed by atoms with Gasteiger partial charge in [-0.15, -0.1) is 10.2 Å². The van der Waals surface area contributed by atoms with Gasteiger partial charge in [-0.1, -0.05) is 44.5 Å². The fourth-order valence-corrected chi connectivity index (χ4v) is 1.82. The Hall–Kier alpha value is -1.88. The zero-order chi connectivity index (χ0) is 14.8. The summed E-state index contributed by atoms with van der Waals surface area (Å²) in [6.07, 6.45) is 0. The Morgan fingerprint density at radius 1 is 1.20 bits per heavy atom. The number of benzene rings is 1. The molecule has 0 aliphatic rings. The van der Waals surface area contributed by atoms with Crippen LogP contribution in [-0.2, 0) is 12.0 Å². The summed E-state index contributed by atoms with van der Waals surface area (Å²) in [5.41, 5.74) is 0.924. The maximum atomic E-state index is 11.9. The van der Waals surface area contributed by atoms with Gasteiger partial charge in [-0.25, -0.2) is 0 Å². The molecular weight excluding hydrogens is 276 g/mol. The number of nitrogens with zero attached hydrogens (tertiary/aromatic N) is 2. The molecule has 0 saturated heterocycles. The van der Waals surface area contributed by atoms with Crippen LogP contribution in [0.2, 0.25) is 5.02 Å². The van der Waals surface area contributed by atoms with Crippen LogP contribution in [0.5, 0.6) is 0 Å². The predicted octanol–water partition coefficient (Wildman–Crippen LogP) is 2.73. The molecule has 1 aromatic heterocycles. The summed E-state index contributed by atoms with van der Waals surface area (Å²) in [4.78, 5) is 14.6. The Morgan fingerprint density at radius 2 is 1.85 bits per heavy atom. The molecule has 0 aliphatic heterocycles. The summed E-state index contributed by atoms with van der Waals surface area (Å²) < 4.78 is 0. The molecule has 0 atom stereocenters. The molecule has 0 unspecified atom stereocenters. The van der Waals surface area contributed by atoms with E-state index in [0.29, 0.717) is 23.2 Å². The zero-order valence-corrected chi connectivity index (χ0v) is 12.5. The summed E-state index contributed by atoms with van der Waals surface area (Å²) in [6, 6.07) is 7.44. The summed E-state index contributed by atoms with van der Waals surface area (Å²) >= 11 is 5.82. The first-order valence-electron chi connectivity index (χ1n) is 6.32. The topological polar surface area (TPSA) is 70.7 Å². The van der Waals surface area contributed by atoms with Crippen LogP contribution in [0.25, 0.3) is 0 Å². The first-order chi connectivity index (χ1) is 9.36. The van der Waals surface area contributed by atoms with Gasteiger partial charge < -0.3 is 5.32 Å². The summed E-state index contributed by atoms with van der Waals surface area (Å²) in [6.45, 7) is 6.31. The summed E-state index contributed by atoms with van der Waals surface area (Å²) in [7, 11) is 0. The van der Waals surface area contributed by atoms with Gasteiger partial charge in [0, 0.05) is 17.0 Å². The largest absolute Gasteiger partial charge is 0.350 e. The van der Waals surface area contributed by atoms with Gasteiger partial charge in [-0.2, -0.15) is 0 Å². The average molecular weight is 293 g/mol. The maximum absolute atomic E-state index is 11.9. The predicted molar refractivity (Wildman–Crippen MR) is 80.1 cm³/mol. The lowest BCUT2D eigenvalue weighted by molar-refractivity contribution is 0.547. The lowest BCUT2D eigenvalue weighted by Gasteiger charge is -2.15. The molecule has 0 bridgehead atoms. The molecule has 1 aromatic carbocycles. The molecule has 0 saturated carbocycles. The van der Waals surface area contributed by atoms with E-state index >= 15 is 0 Å². The van der Waals surface area contributed by atoms with Crippen LogP contribution in [0.1, 0.15) is 32.0 Å². The van der Waals surface area contributed by atoms with Gasteiger partial charge in [0.25, 0.3) is 5.56 Å². The van der Waals surface area contributed by atoms with Crippen molar-refractivity contribution in [2.75, 3.05) is 5.32 Å². The van der Waals surface area contributed by atoms with E-state index in [0.717, 1.165) is 5.56 Å². The second-order valence-electron chi connectivity index (χ2n) is 5.58. The second kappa shape index (κ2) is 5.63. The number of halogens is 1. The van der Waals surface area contributed by atoms with Crippen molar-refractivity contribution in [3.63, 3.8) is 0 Å². The van der Waals surface area contributed by atoms with Crippen molar-refractivity contribution >= 4 is 17.5 Å². The van der Waals surface area contributed by atoms with Gasteiger partial charge in [-0.05, 0) is 17.7 Å². The van der Waals surface area contributed by atoms with Gasteiger partial charge in [-0.3, -0.25) is 9.78 Å². The summed E-state index contributed by atoms with van der Waals surface area (Å²) in [5, 5.41) is 11.7. The van der Waals surface area contributed by atoms with E-state index < -0.39 is 0 Å². The van der Waals surface area contributed by atoms with Crippen molar-refractivity contribution < 1.29 is 0 Å². The molecule has 20 heavy (non-hydrogen) atoms. The van der Waals surface area contributed by atoms with Crippen LogP contribution < -0.4 is 10.9 Å². The second-order valence-corrected chi connectivity index (χ2v) is 6.02. The number of H-pyrrole nitrogens is 1. The summed E-state index contributed by atoms with van der Waals surface area (Å²) in [5.74, 6) is 0.359. The van der Waals surface area contributed by atoms with Gasteiger partial charge in [0.1, 0.15) is 5.69 Å². The van der Waals surface area contributed by atoms with E-state index in [-0.39, 0.29) is 11.0 Å². The van der Waals surface area contributed by atoms with Crippen molar-refractivity contribution in [3.05, 3.63) is 50.9 Å². The van der Waals surface area contributed by atoms with Gasteiger partial charge in [0.15, 0.2) is 0 Å². The van der Waals surface area contributed by atoms with Gasteiger partial charge in [0.2, 0.25) is 5.95 Å².